The molecule has 3 rings (SSSR count). The highest BCUT2D eigenvalue weighted by molar-refractivity contribution is 5.83. The fourth-order valence-electron chi connectivity index (χ4n) is 2.34. The van der Waals surface area contributed by atoms with Crippen LogP contribution in [0.25, 0.3) is 22.4 Å². The first-order valence-electron chi connectivity index (χ1n) is 6.87. The van der Waals surface area contributed by atoms with E-state index in [4.69, 9.17) is 4.42 Å². The first-order valence-corrected chi connectivity index (χ1v) is 6.87. The number of anilines is 1. The molecule has 0 spiro atoms. The average molecular weight is 285 g/mol. The van der Waals surface area contributed by atoms with E-state index in [1.807, 2.05) is 26.8 Å². The maximum Gasteiger partial charge on any atom is 0.154 e. The number of aromatic nitrogens is 2. The highest BCUT2D eigenvalue weighted by atomic mass is 19.1. The van der Waals surface area contributed by atoms with E-state index >= 15 is 0 Å². The molecule has 3 aromatic rings. The number of benzene rings is 1. The van der Waals surface area contributed by atoms with E-state index < -0.39 is 0 Å². The molecule has 0 atom stereocenters. The van der Waals surface area contributed by atoms with E-state index in [-0.39, 0.29) is 5.82 Å². The minimum absolute atomic E-state index is 0.279. The lowest BCUT2D eigenvalue weighted by Crippen LogP contribution is -2.05. The van der Waals surface area contributed by atoms with E-state index in [1.54, 1.807) is 6.07 Å². The summed E-state index contributed by atoms with van der Waals surface area (Å²) in [7, 11) is 0. The first kappa shape index (κ1) is 13.5. The molecule has 2 aromatic heterocycles. The second kappa shape index (κ2) is 5.16. The number of nitrogens with one attached hydrogen (secondary N) is 1. The normalized spacial score (nSPS) is 11.0. The molecule has 1 N–H and O–H groups in total. The monoisotopic (exact) mass is 285 g/mol. The van der Waals surface area contributed by atoms with Crippen molar-refractivity contribution in [2.45, 2.75) is 20.8 Å². The summed E-state index contributed by atoms with van der Waals surface area (Å²) in [6.07, 6.45) is 0. The van der Waals surface area contributed by atoms with Crippen molar-refractivity contribution in [1.29, 1.82) is 0 Å². The zero-order valence-electron chi connectivity index (χ0n) is 12.2. The van der Waals surface area contributed by atoms with Crippen molar-refractivity contribution < 1.29 is 8.81 Å². The van der Waals surface area contributed by atoms with Crippen LogP contribution in [0.1, 0.15) is 18.3 Å². The molecular weight excluding hydrogens is 269 g/mol. The van der Waals surface area contributed by atoms with Gasteiger partial charge in [0, 0.05) is 17.5 Å². The van der Waals surface area contributed by atoms with Gasteiger partial charge in [-0.3, -0.25) is 0 Å². The molecule has 0 radical (unpaired) electrons. The van der Waals surface area contributed by atoms with Gasteiger partial charge in [0.15, 0.2) is 5.76 Å². The molecular formula is C16H16FN3O. The van der Waals surface area contributed by atoms with E-state index in [1.165, 1.54) is 12.1 Å². The SMILES string of the molecule is CCNc1nc(C)nc(-c2cc3cc(F)ccc3o2)c1C. The smallest absolute Gasteiger partial charge is 0.154 e. The van der Waals surface area contributed by atoms with Gasteiger partial charge in [0.1, 0.15) is 28.7 Å². The highest BCUT2D eigenvalue weighted by Gasteiger charge is 2.15. The molecule has 0 fully saturated rings. The Morgan fingerprint density at radius 2 is 2.00 bits per heavy atom. The van der Waals surface area contributed by atoms with Crippen molar-refractivity contribution in [3.8, 4) is 11.5 Å². The Kier molecular flexibility index (Phi) is 3.33. The number of nitrogens with zero attached hydrogens (tertiary/aromatic N) is 2. The van der Waals surface area contributed by atoms with Crippen LogP contribution in [0.3, 0.4) is 0 Å². The molecule has 0 aliphatic heterocycles. The Hall–Kier alpha value is -2.43. The average Bonchev–Trinajstić information content (AvgIpc) is 2.85. The number of fused-ring (bicyclic) bond motifs is 1. The molecule has 5 heteroatoms. The molecule has 0 saturated heterocycles. The van der Waals surface area contributed by atoms with Crippen LogP contribution >= 0.6 is 0 Å². The predicted molar refractivity (Wildman–Crippen MR) is 80.8 cm³/mol. The molecule has 0 aliphatic carbocycles. The maximum atomic E-state index is 13.3. The zero-order valence-corrected chi connectivity index (χ0v) is 12.2. The Morgan fingerprint density at radius 1 is 1.19 bits per heavy atom. The number of hydrogen-bond donors (Lipinski definition) is 1. The summed E-state index contributed by atoms with van der Waals surface area (Å²) in [4.78, 5) is 8.86. The molecule has 108 valence electrons. The third-order valence-electron chi connectivity index (χ3n) is 3.31. The van der Waals surface area contributed by atoms with E-state index in [2.05, 4.69) is 15.3 Å². The summed E-state index contributed by atoms with van der Waals surface area (Å²) in [5, 5.41) is 3.94. The van der Waals surface area contributed by atoms with Crippen LogP contribution in [0.5, 0.6) is 0 Å². The summed E-state index contributed by atoms with van der Waals surface area (Å²) in [5.41, 5.74) is 2.30. The van der Waals surface area contributed by atoms with Gasteiger partial charge in [-0.05, 0) is 45.0 Å². The van der Waals surface area contributed by atoms with Crippen molar-refractivity contribution in [3.05, 3.63) is 41.5 Å². The van der Waals surface area contributed by atoms with E-state index in [0.717, 1.165) is 29.0 Å². The van der Waals surface area contributed by atoms with Crippen molar-refractivity contribution >= 4 is 16.8 Å². The summed E-state index contributed by atoms with van der Waals surface area (Å²) in [5.74, 6) is 1.81. The van der Waals surface area contributed by atoms with Crippen LogP contribution in [-0.4, -0.2) is 16.5 Å². The number of hydrogen-bond acceptors (Lipinski definition) is 4. The Morgan fingerprint density at radius 3 is 2.76 bits per heavy atom. The molecule has 0 aliphatic rings. The highest BCUT2D eigenvalue weighted by Crippen LogP contribution is 2.31. The van der Waals surface area contributed by atoms with Crippen molar-refractivity contribution in [3.63, 3.8) is 0 Å². The summed E-state index contributed by atoms with van der Waals surface area (Å²) < 4.78 is 19.1. The van der Waals surface area contributed by atoms with Gasteiger partial charge in [0.2, 0.25) is 0 Å². The Balaban J connectivity index is 2.17. The molecule has 0 unspecified atom stereocenters. The standard InChI is InChI=1S/C16H16FN3O/c1-4-18-16-9(2)15(19-10(3)20-16)14-8-11-7-12(17)5-6-13(11)21-14/h5-8H,4H2,1-3H3,(H,18,19,20). The molecule has 2 heterocycles. The Labute approximate surface area is 122 Å². The quantitative estimate of drug-likeness (QED) is 0.788. The summed E-state index contributed by atoms with van der Waals surface area (Å²) >= 11 is 0. The van der Waals surface area contributed by atoms with Gasteiger partial charge in [-0.15, -0.1) is 0 Å². The van der Waals surface area contributed by atoms with Crippen LogP contribution in [-0.2, 0) is 0 Å². The second-order valence-corrected chi connectivity index (χ2v) is 4.92. The van der Waals surface area contributed by atoms with Crippen LogP contribution in [0.15, 0.2) is 28.7 Å². The predicted octanol–water partition coefficient (Wildman–Crippen LogP) is 4.08. The minimum Gasteiger partial charge on any atom is -0.454 e. The third kappa shape index (κ3) is 2.46. The fourth-order valence-corrected chi connectivity index (χ4v) is 2.34. The molecule has 4 nitrogen and oxygen atoms in total. The number of furan rings is 1. The fraction of sp³-hybridized carbons (Fsp3) is 0.250. The van der Waals surface area contributed by atoms with Crippen LogP contribution in [0, 0.1) is 19.7 Å². The lowest BCUT2D eigenvalue weighted by Gasteiger charge is -2.10. The summed E-state index contributed by atoms with van der Waals surface area (Å²) in [6.45, 7) is 6.58. The summed E-state index contributed by atoms with van der Waals surface area (Å²) in [6, 6.07) is 6.28. The van der Waals surface area contributed by atoms with Crippen LogP contribution in [0.4, 0.5) is 10.2 Å². The number of aryl methyl sites for hydroxylation is 1. The molecule has 21 heavy (non-hydrogen) atoms. The van der Waals surface area contributed by atoms with Gasteiger partial charge in [0.25, 0.3) is 0 Å². The van der Waals surface area contributed by atoms with Gasteiger partial charge in [-0.25, -0.2) is 14.4 Å². The lowest BCUT2D eigenvalue weighted by molar-refractivity contribution is 0.617. The van der Waals surface area contributed by atoms with Gasteiger partial charge in [-0.1, -0.05) is 0 Å². The number of halogens is 1. The third-order valence-corrected chi connectivity index (χ3v) is 3.31. The van der Waals surface area contributed by atoms with Crippen molar-refractivity contribution in [2.75, 3.05) is 11.9 Å². The van der Waals surface area contributed by atoms with Gasteiger partial charge >= 0.3 is 0 Å². The maximum absolute atomic E-state index is 13.3. The van der Waals surface area contributed by atoms with Crippen LogP contribution < -0.4 is 5.32 Å². The van der Waals surface area contributed by atoms with E-state index in [9.17, 15) is 4.39 Å². The number of rotatable bonds is 3. The van der Waals surface area contributed by atoms with Crippen molar-refractivity contribution in [1.82, 2.24) is 9.97 Å². The zero-order chi connectivity index (χ0) is 15.0. The largest absolute Gasteiger partial charge is 0.454 e. The molecule has 0 bridgehead atoms. The van der Waals surface area contributed by atoms with Crippen LogP contribution in [0.2, 0.25) is 0 Å². The lowest BCUT2D eigenvalue weighted by atomic mass is 10.1. The van der Waals surface area contributed by atoms with Crippen molar-refractivity contribution in [2.24, 2.45) is 0 Å². The topological polar surface area (TPSA) is 51.0 Å². The minimum atomic E-state index is -0.279. The molecule has 0 saturated carbocycles. The first-order chi connectivity index (χ1) is 10.1. The van der Waals surface area contributed by atoms with E-state index in [0.29, 0.717) is 17.2 Å². The molecule has 0 amide bonds. The van der Waals surface area contributed by atoms with Gasteiger partial charge in [0.05, 0.1) is 0 Å². The molecule has 1 aromatic carbocycles. The Bertz CT molecular complexity index is 811. The second-order valence-electron chi connectivity index (χ2n) is 4.92. The van der Waals surface area contributed by atoms with Gasteiger partial charge < -0.3 is 9.73 Å². The van der Waals surface area contributed by atoms with Gasteiger partial charge in [-0.2, -0.15) is 0 Å².